The normalized spacial score (nSPS) is 20.3. The molecule has 2 aliphatic carbocycles. The van der Waals surface area contributed by atoms with Crippen LogP contribution in [0.2, 0.25) is 0 Å². The van der Waals surface area contributed by atoms with Crippen molar-refractivity contribution in [2.45, 2.75) is 63.5 Å². The van der Waals surface area contributed by atoms with Gasteiger partial charge in [0.2, 0.25) is 0 Å². The van der Waals surface area contributed by atoms with Crippen LogP contribution < -0.4 is 10.6 Å². The summed E-state index contributed by atoms with van der Waals surface area (Å²) in [4.78, 5) is 48.1. The van der Waals surface area contributed by atoms with Gasteiger partial charge in [-0.2, -0.15) is 4.98 Å². The maximum absolute atomic E-state index is 15.9. The lowest BCUT2D eigenvalue weighted by Crippen LogP contribution is -2.58. The highest BCUT2D eigenvalue weighted by atomic mass is 19.1. The molecule has 44 heavy (non-hydrogen) atoms. The fourth-order valence-electron chi connectivity index (χ4n) is 6.18. The largest absolute Gasteiger partial charge is 0.355 e. The monoisotopic (exact) mass is 601 g/mol. The van der Waals surface area contributed by atoms with E-state index in [-0.39, 0.29) is 53.0 Å². The molecule has 1 aliphatic heterocycles. The van der Waals surface area contributed by atoms with Gasteiger partial charge in [-0.3, -0.25) is 4.79 Å². The molecule has 1 saturated heterocycles. The lowest BCUT2D eigenvalue weighted by molar-refractivity contribution is -0.131. The number of pyridine rings is 1. The summed E-state index contributed by atoms with van der Waals surface area (Å²) in [5.74, 6) is -2.82. The fraction of sp³-hybridized carbons (Fsp3) is 0.375. The zero-order valence-corrected chi connectivity index (χ0v) is 24.3. The van der Waals surface area contributed by atoms with E-state index in [4.69, 9.17) is 0 Å². The first-order valence-electron chi connectivity index (χ1n) is 14.8. The molecule has 3 aliphatic rings. The minimum atomic E-state index is -1.06. The van der Waals surface area contributed by atoms with Crippen molar-refractivity contribution in [1.29, 1.82) is 0 Å². The Kier molecular flexibility index (Phi) is 6.74. The van der Waals surface area contributed by atoms with E-state index in [2.05, 4.69) is 26.5 Å². The number of piperazine rings is 1. The van der Waals surface area contributed by atoms with Gasteiger partial charge >= 0.3 is 5.69 Å². The molecule has 1 aromatic carbocycles. The van der Waals surface area contributed by atoms with E-state index >= 15 is 4.39 Å². The van der Waals surface area contributed by atoms with Crippen molar-refractivity contribution in [3.05, 3.63) is 82.6 Å². The third-order valence-corrected chi connectivity index (χ3v) is 8.71. The Hall–Kier alpha value is -4.61. The highest BCUT2D eigenvalue weighted by Crippen LogP contribution is 2.47. The van der Waals surface area contributed by atoms with Gasteiger partial charge in [-0.05, 0) is 57.7 Å². The molecule has 0 spiro atoms. The van der Waals surface area contributed by atoms with Crippen LogP contribution in [0.4, 0.5) is 19.0 Å². The van der Waals surface area contributed by atoms with Gasteiger partial charge in [-0.1, -0.05) is 18.7 Å². The van der Waals surface area contributed by atoms with E-state index in [1.807, 2.05) is 6.92 Å². The van der Waals surface area contributed by atoms with Gasteiger partial charge < -0.3 is 9.80 Å². The standard InChI is InChI=1S/C32H30F3N7O2/c1-16-14-41(31(43)18(3)33)17(2)13-40(16)29-22-12-24(35)27(21-6-4-5-7-23(21)34)38-30(22)42(32(44)39-29)28-25(19-8-9-19)36-15-37-26(28)20-10-11-20/h4-7,12,15-17,19-20H,3,8-11,13-14H2,1-2H3/t16-,17+/m0/s1. The van der Waals surface area contributed by atoms with Gasteiger partial charge in [0.25, 0.3) is 5.91 Å². The summed E-state index contributed by atoms with van der Waals surface area (Å²) in [5, 5.41) is 0.239. The second-order valence-corrected chi connectivity index (χ2v) is 12.0. The molecule has 0 N–H and O–H groups in total. The van der Waals surface area contributed by atoms with Crippen molar-refractivity contribution in [2.24, 2.45) is 0 Å². The summed E-state index contributed by atoms with van der Waals surface area (Å²) in [6, 6.07) is 6.11. The first kappa shape index (κ1) is 28.2. The molecule has 2 atom stereocenters. The fourth-order valence-corrected chi connectivity index (χ4v) is 6.18. The number of hydrogen-bond donors (Lipinski definition) is 0. The average molecular weight is 602 g/mol. The number of amides is 1. The summed E-state index contributed by atoms with van der Waals surface area (Å²) in [5.41, 5.74) is 1.13. The minimum absolute atomic E-state index is 0.0426. The van der Waals surface area contributed by atoms with E-state index in [9.17, 15) is 18.4 Å². The molecule has 0 bridgehead atoms. The maximum Gasteiger partial charge on any atom is 0.355 e. The summed E-state index contributed by atoms with van der Waals surface area (Å²) in [6.45, 7) is 7.02. The third-order valence-electron chi connectivity index (χ3n) is 8.71. The molecule has 3 aromatic heterocycles. The highest BCUT2D eigenvalue weighted by Gasteiger charge is 2.38. The Labute approximate surface area is 251 Å². The smallest absolute Gasteiger partial charge is 0.349 e. The number of hydrogen-bond acceptors (Lipinski definition) is 7. The summed E-state index contributed by atoms with van der Waals surface area (Å²) >= 11 is 0. The topological polar surface area (TPSA) is 97.1 Å². The van der Waals surface area contributed by atoms with Crippen LogP contribution in [0.15, 0.2) is 53.9 Å². The molecule has 12 heteroatoms. The van der Waals surface area contributed by atoms with Crippen LogP contribution in [0.5, 0.6) is 0 Å². The summed E-state index contributed by atoms with van der Waals surface area (Å²) in [6.07, 6.45) is 5.18. The first-order chi connectivity index (χ1) is 21.1. The summed E-state index contributed by atoms with van der Waals surface area (Å²) in [7, 11) is 0. The van der Waals surface area contributed by atoms with Crippen molar-refractivity contribution >= 4 is 22.8 Å². The van der Waals surface area contributed by atoms with Crippen molar-refractivity contribution in [2.75, 3.05) is 18.0 Å². The van der Waals surface area contributed by atoms with Crippen LogP contribution in [0.25, 0.3) is 28.0 Å². The van der Waals surface area contributed by atoms with E-state index in [1.54, 1.807) is 17.9 Å². The number of carbonyl (C=O) groups excluding carboxylic acids is 1. The zero-order chi connectivity index (χ0) is 30.9. The first-order valence-corrected chi connectivity index (χ1v) is 14.8. The lowest BCUT2D eigenvalue weighted by Gasteiger charge is -2.44. The van der Waals surface area contributed by atoms with Crippen LogP contribution in [0.1, 0.15) is 62.8 Å². The average Bonchev–Trinajstić information content (AvgIpc) is 3.92. The summed E-state index contributed by atoms with van der Waals surface area (Å²) < 4.78 is 46.0. The van der Waals surface area contributed by atoms with Crippen molar-refractivity contribution < 1.29 is 18.0 Å². The van der Waals surface area contributed by atoms with E-state index in [1.165, 1.54) is 40.1 Å². The Morgan fingerprint density at radius 1 is 0.932 bits per heavy atom. The number of rotatable bonds is 6. The molecular weight excluding hydrogens is 571 g/mol. The van der Waals surface area contributed by atoms with Crippen molar-refractivity contribution in [3.8, 4) is 16.9 Å². The number of nitrogens with zero attached hydrogens (tertiary/aromatic N) is 7. The van der Waals surface area contributed by atoms with Gasteiger partial charge in [-0.25, -0.2) is 37.5 Å². The van der Waals surface area contributed by atoms with Gasteiger partial charge in [-0.15, -0.1) is 0 Å². The number of aromatic nitrogens is 5. The molecule has 0 radical (unpaired) electrons. The van der Waals surface area contributed by atoms with Gasteiger partial charge in [0, 0.05) is 42.6 Å². The predicted molar refractivity (Wildman–Crippen MR) is 158 cm³/mol. The van der Waals surface area contributed by atoms with Crippen LogP contribution in [0.3, 0.4) is 0 Å². The Morgan fingerprint density at radius 2 is 1.59 bits per heavy atom. The van der Waals surface area contributed by atoms with Crippen LogP contribution in [-0.4, -0.2) is 60.5 Å². The maximum atomic E-state index is 15.9. The van der Waals surface area contributed by atoms with Gasteiger partial charge in [0.1, 0.15) is 29.5 Å². The number of anilines is 1. The lowest BCUT2D eigenvalue weighted by atomic mass is 10.1. The number of halogens is 3. The predicted octanol–water partition coefficient (Wildman–Crippen LogP) is 5.18. The zero-order valence-electron chi connectivity index (χ0n) is 24.3. The SMILES string of the molecule is C=C(F)C(=O)N1C[C@H](C)N(c2nc(=O)n(-c3c(C4CC4)ncnc3C3CC3)c3nc(-c4ccccc4F)c(F)cc23)C[C@H]1C. The molecule has 4 heterocycles. The van der Waals surface area contributed by atoms with Crippen molar-refractivity contribution in [1.82, 2.24) is 29.4 Å². The molecule has 0 unspecified atom stereocenters. The molecular formula is C32H30F3N7O2. The molecule has 1 amide bonds. The highest BCUT2D eigenvalue weighted by molar-refractivity contribution is 5.92. The third kappa shape index (κ3) is 4.72. The molecule has 4 aromatic rings. The second kappa shape index (κ2) is 10.5. The Bertz CT molecular complexity index is 1870. The molecule has 7 rings (SSSR count). The van der Waals surface area contributed by atoms with E-state index in [0.29, 0.717) is 5.69 Å². The Morgan fingerprint density at radius 3 is 2.20 bits per heavy atom. The molecule has 226 valence electrons. The van der Waals surface area contributed by atoms with Crippen LogP contribution >= 0.6 is 0 Å². The Balaban J connectivity index is 1.48. The number of fused-ring (bicyclic) bond motifs is 1. The van der Waals surface area contributed by atoms with Crippen LogP contribution in [-0.2, 0) is 4.79 Å². The molecule has 9 nitrogen and oxygen atoms in total. The van der Waals surface area contributed by atoms with Crippen molar-refractivity contribution in [3.63, 3.8) is 0 Å². The number of carbonyl (C=O) groups is 1. The van der Waals surface area contributed by atoms with E-state index < -0.39 is 41.1 Å². The second-order valence-electron chi connectivity index (χ2n) is 12.0. The molecule has 2 saturated carbocycles. The number of benzene rings is 1. The van der Waals surface area contributed by atoms with Gasteiger partial charge in [0.05, 0.1) is 22.5 Å². The quantitative estimate of drug-likeness (QED) is 0.281. The van der Waals surface area contributed by atoms with E-state index in [0.717, 1.165) is 37.1 Å². The van der Waals surface area contributed by atoms with Crippen LogP contribution in [0, 0.1) is 11.6 Å². The van der Waals surface area contributed by atoms with Gasteiger partial charge in [0.15, 0.2) is 11.5 Å². The minimum Gasteiger partial charge on any atom is -0.349 e. The molecule has 3 fully saturated rings.